The summed E-state index contributed by atoms with van der Waals surface area (Å²) in [4.78, 5) is 15.9. The van der Waals surface area contributed by atoms with E-state index in [4.69, 9.17) is 23.2 Å². The van der Waals surface area contributed by atoms with Crippen molar-refractivity contribution in [1.29, 1.82) is 0 Å². The van der Waals surface area contributed by atoms with Gasteiger partial charge in [-0.15, -0.1) is 11.3 Å². The largest absolute Gasteiger partial charge is 0.476 e. The van der Waals surface area contributed by atoms with Crippen molar-refractivity contribution in [2.75, 3.05) is 0 Å². The first-order valence-corrected chi connectivity index (χ1v) is 9.28. The van der Waals surface area contributed by atoms with Crippen LogP contribution in [0, 0.1) is 0 Å². The molecule has 0 amide bonds. The number of benzene rings is 1. The highest BCUT2D eigenvalue weighted by molar-refractivity contribution is 7.17. The molecule has 24 heavy (non-hydrogen) atoms. The van der Waals surface area contributed by atoms with E-state index in [9.17, 15) is 9.90 Å². The zero-order valence-corrected chi connectivity index (χ0v) is 15.4. The van der Waals surface area contributed by atoms with E-state index in [2.05, 4.69) is 11.9 Å². The van der Waals surface area contributed by atoms with Gasteiger partial charge in [0.1, 0.15) is 5.82 Å². The maximum atomic E-state index is 11.6. The third-order valence-electron chi connectivity index (χ3n) is 3.90. The number of nitrogens with zero attached hydrogens (tertiary/aromatic N) is 2. The first kappa shape index (κ1) is 17.3. The van der Waals surface area contributed by atoms with Crippen molar-refractivity contribution >= 4 is 50.6 Å². The molecule has 0 bridgehead atoms. The molecule has 0 saturated carbocycles. The molecule has 0 atom stereocenters. The van der Waals surface area contributed by atoms with Gasteiger partial charge in [0.2, 0.25) is 0 Å². The summed E-state index contributed by atoms with van der Waals surface area (Å²) in [5.41, 5.74) is 1.07. The Morgan fingerprint density at radius 3 is 2.88 bits per heavy atom. The highest BCUT2D eigenvalue weighted by Gasteiger charge is 2.22. The highest BCUT2D eigenvalue weighted by atomic mass is 35.5. The van der Waals surface area contributed by atoms with Crippen molar-refractivity contribution in [3.05, 3.63) is 50.8 Å². The normalized spacial score (nSPS) is 11.3. The van der Waals surface area contributed by atoms with Crippen LogP contribution in [0.3, 0.4) is 0 Å². The van der Waals surface area contributed by atoms with Crippen molar-refractivity contribution in [2.45, 2.75) is 32.7 Å². The van der Waals surface area contributed by atoms with Gasteiger partial charge in [-0.2, -0.15) is 0 Å². The monoisotopic (exact) mass is 382 g/mol. The molecule has 0 unspecified atom stereocenters. The Bertz CT molecular complexity index is 902. The Morgan fingerprint density at radius 2 is 2.17 bits per heavy atom. The Hall–Kier alpha value is -1.56. The molecule has 1 aromatic carbocycles. The number of unbranched alkanes of at least 4 members (excludes halogenated alkanes) is 1. The molecule has 0 aliphatic rings. The van der Waals surface area contributed by atoms with Crippen LogP contribution in [-0.4, -0.2) is 20.6 Å². The minimum atomic E-state index is -1.06. The van der Waals surface area contributed by atoms with Gasteiger partial charge in [0.05, 0.1) is 6.54 Å². The van der Waals surface area contributed by atoms with E-state index in [0.717, 1.165) is 28.5 Å². The van der Waals surface area contributed by atoms with E-state index >= 15 is 0 Å². The van der Waals surface area contributed by atoms with Crippen molar-refractivity contribution in [3.8, 4) is 0 Å². The lowest BCUT2D eigenvalue weighted by molar-refractivity contribution is 0.0685. The molecule has 2 heterocycles. The SMILES string of the molecule is CCCCc1nc(Cl)c(C(=O)O)n1Cc1csc2ccc(Cl)cc12. The smallest absolute Gasteiger partial charge is 0.355 e. The number of aromatic nitrogens is 2. The fourth-order valence-electron chi connectivity index (χ4n) is 2.71. The number of carboxylic acid groups (broad SMARTS) is 1. The number of hydrogen-bond acceptors (Lipinski definition) is 3. The van der Waals surface area contributed by atoms with Gasteiger partial charge >= 0.3 is 5.97 Å². The summed E-state index contributed by atoms with van der Waals surface area (Å²) in [5.74, 6) is -0.353. The second-order valence-corrected chi connectivity index (χ2v) is 7.27. The molecule has 3 aromatic rings. The summed E-state index contributed by atoms with van der Waals surface area (Å²) in [6.07, 6.45) is 2.64. The molecule has 126 valence electrons. The zero-order chi connectivity index (χ0) is 17.3. The number of halogens is 2. The summed E-state index contributed by atoms with van der Waals surface area (Å²) < 4.78 is 2.83. The van der Waals surface area contributed by atoms with E-state index in [1.807, 2.05) is 23.6 Å². The number of rotatable bonds is 6. The highest BCUT2D eigenvalue weighted by Crippen LogP contribution is 2.30. The van der Waals surface area contributed by atoms with Crippen LogP contribution in [0.25, 0.3) is 10.1 Å². The van der Waals surface area contributed by atoms with Crippen LogP contribution >= 0.6 is 34.5 Å². The maximum Gasteiger partial charge on any atom is 0.355 e. The third-order valence-corrected chi connectivity index (χ3v) is 5.42. The number of imidazole rings is 1. The van der Waals surface area contributed by atoms with Crippen molar-refractivity contribution < 1.29 is 9.90 Å². The summed E-state index contributed by atoms with van der Waals surface area (Å²) in [6, 6.07) is 5.74. The van der Waals surface area contributed by atoms with Crippen LogP contribution in [0.2, 0.25) is 10.2 Å². The molecule has 1 N–H and O–H groups in total. The van der Waals surface area contributed by atoms with Gasteiger partial charge in [-0.1, -0.05) is 36.5 Å². The number of carbonyl (C=O) groups is 1. The van der Waals surface area contributed by atoms with Crippen LogP contribution in [-0.2, 0) is 13.0 Å². The van der Waals surface area contributed by atoms with E-state index < -0.39 is 5.97 Å². The molecule has 0 saturated heterocycles. The van der Waals surface area contributed by atoms with E-state index in [-0.39, 0.29) is 10.8 Å². The number of aryl methyl sites for hydroxylation is 1. The van der Waals surface area contributed by atoms with Crippen LogP contribution in [0.5, 0.6) is 0 Å². The molecule has 0 radical (unpaired) electrons. The van der Waals surface area contributed by atoms with Crippen LogP contribution in [0.15, 0.2) is 23.6 Å². The Kier molecular flexibility index (Phi) is 5.13. The molecule has 7 heteroatoms. The molecule has 0 spiro atoms. The molecular weight excluding hydrogens is 367 g/mol. The molecule has 3 rings (SSSR count). The minimum Gasteiger partial charge on any atom is -0.476 e. The van der Waals surface area contributed by atoms with E-state index in [0.29, 0.717) is 23.8 Å². The number of carboxylic acids is 1. The predicted octanol–water partition coefficient (Wildman–Crippen LogP) is 5.49. The third kappa shape index (κ3) is 3.29. The lowest BCUT2D eigenvalue weighted by Gasteiger charge is -2.09. The van der Waals surface area contributed by atoms with Gasteiger partial charge in [0, 0.05) is 16.1 Å². The second-order valence-electron chi connectivity index (χ2n) is 5.56. The number of fused-ring (bicyclic) bond motifs is 1. The Balaban J connectivity index is 2.06. The minimum absolute atomic E-state index is 0.0455. The van der Waals surface area contributed by atoms with Crippen molar-refractivity contribution in [3.63, 3.8) is 0 Å². The number of thiophene rings is 1. The van der Waals surface area contributed by atoms with Gasteiger partial charge in [-0.3, -0.25) is 0 Å². The first-order chi connectivity index (χ1) is 11.5. The molecule has 0 aliphatic carbocycles. The van der Waals surface area contributed by atoms with Gasteiger partial charge in [0.15, 0.2) is 10.8 Å². The number of aromatic carboxylic acids is 1. The average Bonchev–Trinajstić information content (AvgIpc) is 3.06. The van der Waals surface area contributed by atoms with Crippen LogP contribution < -0.4 is 0 Å². The second kappa shape index (κ2) is 7.13. The predicted molar refractivity (Wildman–Crippen MR) is 98.7 cm³/mol. The Morgan fingerprint density at radius 1 is 1.38 bits per heavy atom. The molecular formula is C17H16Cl2N2O2S. The molecule has 0 aliphatic heterocycles. The summed E-state index contributed by atoms with van der Waals surface area (Å²) >= 11 is 13.8. The van der Waals surface area contributed by atoms with Crippen LogP contribution in [0.1, 0.15) is 41.6 Å². The lowest BCUT2D eigenvalue weighted by Crippen LogP contribution is -2.12. The van der Waals surface area contributed by atoms with Crippen LogP contribution in [0.4, 0.5) is 0 Å². The van der Waals surface area contributed by atoms with Gasteiger partial charge in [0.25, 0.3) is 0 Å². The quantitative estimate of drug-likeness (QED) is 0.612. The zero-order valence-electron chi connectivity index (χ0n) is 13.1. The Labute approximate surface area is 153 Å². The molecule has 4 nitrogen and oxygen atoms in total. The molecule has 0 fully saturated rings. The standard InChI is InChI=1S/C17H16Cl2N2O2S/c1-2-3-4-14-20-16(19)15(17(22)23)21(14)8-10-9-24-13-6-5-11(18)7-12(10)13/h5-7,9H,2-4,8H2,1H3,(H,22,23). The van der Waals surface area contributed by atoms with Gasteiger partial charge < -0.3 is 9.67 Å². The van der Waals surface area contributed by atoms with Crippen molar-refractivity contribution in [1.82, 2.24) is 9.55 Å². The fraction of sp³-hybridized carbons (Fsp3) is 0.294. The lowest BCUT2D eigenvalue weighted by atomic mass is 10.1. The van der Waals surface area contributed by atoms with E-state index in [1.54, 1.807) is 15.9 Å². The van der Waals surface area contributed by atoms with E-state index in [1.165, 1.54) is 0 Å². The maximum absolute atomic E-state index is 11.6. The fourth-order valence-corrected chi connectivity index (χ4v) is 4.10. The summed E-state index contributed by atoms with van der Waals surface area (Å²) in [6.45, 7) is 2.50. The van der Waals surface area contributed by atoms with Gasteiger partial charge in [-0.25, -0.2) is 9.78 Å². The average molecular weight is 383 g/mol. The first-order valence-electron chi connectivity index (χ1n) is 7.65. The topological polar surface area (TPSA) is 55.1 Å². The number of hydrogen-bond donors (Lipinski definition) is 1. The van der Waals surface area contributed by atoms with Crippen molar-refractivity contribution in [2.24, 2.45) is 0 Å². The summed E-state index contributed by atoms with van der Waals surface area (Å²) in [7, 11) is 0. The molecule has 2 aromatic heterocycles. The summed E-state index contributed by atoms with van der Waals surface area (Å²) in [5, 5.41) is 13.3. The van der Waals surface area contributed by atoms with Gasteiger partial charge in [-0.05, 0) is 40.9 Å².